The molecule has 0 spiro atoms. The van der Waals surface area contributed by atoms with Gasteiger partial charge in [0, 0.05) is 6.92 Å². The molecule has 100 valence electrons. The smallest absolute Gasteiger partial charge is 0.217 e. The van der Waals surface area contributed by atoms with E-state index in [0.29, 0.717) is 0 Å². The zero-order valence-corrected chi connectivity index (χ0v) is 11.9. The van der Waals surface area contributed by atoms with Gasteiger partial charge in [0.15, 0.2) is 0 Å². The topological polar surface area (TPSA) is 49.3 Å². The second kappa shape index (κ2) is 5.53. The van der Waals surface area contributed by atoms with Gasteiger partial charge in [-0.05, 0) is 29.0 Å². The van der Waals surface area contributed by atoms with Gasteiger partial charge in [-0.1, -0.05) is 39.0 Å². The van der Waals surface area contributed by atoms with Gasteiger partial charge >= 0.3 is 0 Å². The second-order valence-corrected chi connectivity index (χ2v) is 5.76. The Kier molecular flexibility index (Phi) is 4.52. The van der Waals surface area contributed by atoms with Crippen molar-refractivity contribution in [2.75, 3.05) is 6.61 Å². The summed E-state index contributed by atoms with van der Waals surface area (Å²) in [6, 6.07) is 5.86. The molecule has 18 heavy (non-hydrogen) atoms. The number of rotatable bonds is 3. The molecule has 2 N–H and O–H groups in total. The highest BCUT2D eigenvalue weighted by atomic mass is 16.3. The van der Waals surface area contributed by atoms with E-state index in [9.17, 15) is 9.90 Å². The number of aliphatic hydroxyl groups excluding tert-OH is 1. The lowest BCUT2D eigenvalue weighted by Crippen LogP contribution is -2.29. The molecule has 0 aliphatic heterocycles. The van der Waals surface area contributed by atoms with E-state index in [1.807, 2.05) is 13.0 Å². The molecule has 3 nitrogen and oxygen atoms in total. The van der Waals surface area contributed by atoms with Crippen LogP contribution < -0.4 is 5.32 Å². The molecule has 0 aliphatic rings. The number of hydrogen-bond donors (Lipinski definition) is 2. The molecular formula is C15H23NO2. The van der Waals surface area contributed by atoms with E-state index < -0.39 is 0 Å². The summed E-state index contributed by atoms with van der Waals surface area (Å²) in [5.41, 5.74) is 3.42. The minimum atomic E-state index is -0.323. The van der Waals surface area contributed by atoms with Crippen LogP contribution in [0.2, 0.25) is 0 Å². The van der Waals surface area contributed by atoms with Crippen LogP contribution in [-0.2, 0) is 10.2 Å². The Bertz CT molecular complexity index is 433. The summed E-state index contributed by atoms with van der Waals surface area (Å²) in [4.78, 5) is 11.1. The highest BCUT2D eigenvalue weighted by Gasteiger charge is 2.18. The normalized spacial score (nSPS) is 13.2. The van der Waals surface area contributed by atoms with Crippen LogP contribution in [0.1, 0.15) is 50.4 Å². The van der Waals surface area contributed by atoms with Gasteiger partial charge in [0.2, 0.25) is 5.91 Å². The molecule has 1 amide bonds. The zero-order valence-electron chi connectivity index (χ0n) is 11.9. The van der Waals surface area contributed by atoms with Crippen molar-refractivity contribution in [3.63, 3.8) is 0 Å². The van der Waals surface area contributed by atoms with E-state index in [1.165, 1.54) is 12.5 Å². The lowest BCUT2D eigenvalue weighted by Gasteiger charge is -2.23. The monoisotopic (exact) mass is 249 g/mol. The SMILES string of the molecule is CC(=O)NC(CO)c1ccc(C(C)(C)C)cc1C. The summed E-state index contributed by atoms with van der Waals surface area (Å²) in [6.45, 7) is 9.88. The van der Waals surface area contributed by atoms with E-state index in [4.69, 9.17) is 0 Å². The fraction of sp³-hybridized carbons (Fsp3) is 0.533. The zero-order chi connectivity index (χ0) is 13.9. The van der Waals surface area contributed by atoms with Crippen LogP contribution in [0.5, 0.6) is 0 Å². The number of aryl methyl sites for hydroxylation is 1. The van der Waals surface area contributed by atoms with Crippen molar-refractivity contribution in [2.24, 2.45) is 0 Å². The molecule has 1 rings (SSSR count). The quantitative estimate of drug-likeness (QED) is 0.864. The molecule has 0 aliphatic carbocycles. The average molecular weight is 249 g/mol. The van der Waals surface area contributed by atoms with Crippen molar-refractivity contribution >= 4 is 5.91 Å². The van der Waals surface area contributed by atoms with Crippen LogP contribution in [0.4, 0.5) is 0 Å². The van der Waals surface area contributed by atoms with E-state index >= 15 is 0 Å². The summed E-state index contributed by atoms with van der Waals surface area (Å²) in [5.74, 6) is -0.131. The number of amides is 1. The van der Waals surface area contributed by atoms with Gasteiger partial charge < -0.3 is 10.4 Å². The Balaban J connectivity index is 3.07. The maximum atomic E-state index is 11.1. The molecule has 0 bridgehead atoms. The van der Waals surface area contributed by atoms with Gasteiger partial charge in [-0.15, -0.1) is 0 Å². The minimum Gasteiger partial charge on any atom is -0.394 e. The number of benzene rings is 1. The molecular weight excluding hydrogens is 226 g/mol. The van der Waals surface area contributed by atoms with Crippen molar-refractivity contribution in [3.8, 4) is 0 Å². The van der Waals surface area contributed by atoms with Gasteiger partial charge in [-0.3, -0.25) is 4.79 Å². The number of carbonyl (C=O) groups excluding carboxylic acids is 1. The van der Waals surface area contributed by atoms with E-state index in [0.717, 1.165) is 11.1 Å². The van der Waals surface area contributed by atoms with Gasteiger partial charge in [0.1, 0.15) is 0 Å². The molecule has 1 atom stereocenters. The first-order chi connectivity index (χ1) is 8.25. The fourth-order valence-electron chi connectivity index (χ4n) is 2.00. The van der Waals surface area contributed by atoms with Crippen LogP contribution in [0.3, 0.4) is 0 Å². The highest BCUT2D eigenvalue weighted by molar-refractivity contribution is 5.73. The van der Waals surface area contributed by atoms with Crippen molar-refractivity contribution in [3.05, 3.63) is 34.9 Å². The second-order valence-electron chi connectivity index (χ2n) is 5.76. The summed E-state index contributed by atoms with van der Waals surface area (Å²) < 4.78 is 0. The lowest BCUT2D eigenvalue weighted by molar-refractivity contribution is -0.120. The summed E-state index contributed by atoms with van der Waals surface area (Å²) in [5, 5.41) is 12.1. The van der Waals surface area contributed by atoms with Gasteiger partial charge in [0.25, 0.3) is 0 Å². The summed E-state index contributed by atoms with van der Waals surface area (Å²) in [7, 11) is 0. The maximum absolute atomic E-state index is 11.1. The van der Waals surface area contributed by atoms with Gasteiger partial charge in [-0.2, -0.15) is 0 Å². The largest absolute Gasteiger partial charge is 0.394 e. The summed E-state index contributed by atoms with van der Waals surface area (Å²) >= 11 is 0. The Morgan fingerprint density at radius 3 is 2.39 bits per heavy atom. The molecule has 0 heterocycles. The standard InChI is InChI=1S/C15H23NO2/c1-10-8-12(15(3,4)5)6-7-13(10)14(9-17)16-11(2)18/h6-8,14,17H,9H2,1-5H3,(H,16,18). The van der Waals surface area contributed by atoms with E-state index in [2.05, 4.69) is 38.2 Å². The molecule has 1 aromatic carbocycles. The Morgan fingerprint density at radius 1 is 1.39 bits per heavy atom. The van der Waals surface area contributed by atoms with Crippen LogP contribution in [0.25, 0.3) is 0 Å². The number of hydrogen-bond acceptors (Lipinski definition) is 2. The van der Waals surface area contributed by atoms with Crippen molar-refractivity contribution < 1.29 is 9.90 Å². The molecule has 1 unspecified atom stereocenters. The Morgan fingerprint density at radius 2 is 2.00 bits per heavy atom. The molecule has 1 aromatic rings. The highest BCUT2D eigenvalue weighted by Crippen LogP contribution is 2.26. The molecule has 3 heteroatoms. The average Bonchev–Trinajstić information content (AvgIpc) is 2.24. The number of aliphatic hydroxyl groups is 1. The molecule has 0 saturated carbocycles. The van der Waals surface area contributed by atoms with Crippen LogP contribution in [0, 0.1) is 6.92 Å². The third-order valence-corrected chi connectivity index (χ3v) is 3.07. The fourth-order valence-corrected chi connectivity index (χ4v) is 2.00. The first-order valence-corrected chi connectivity index (χ1v) is 6.24. The van der Waals surface area contributed by atoms with Crippen LogP contribution in [0.15, 0.2) is 18.2 Å². The Labute approximate surface area is 109 Å². The maximum Gasteiger partial charge on any atom is 0.217 e. The molecule has 0 aromatic heterocycles. The number of nitrogens with one attached hydrogen (secondary N) is 1. The molecule has 0 radical (unpaired) electrons. The van der Waals surface area contributed by atoms with Gasteiger partial charge in [-0.25, -0.2) is 0 Å². The van der Waals surface area contributed by atoms with Crippen molar-refractivity contribution in [1.29, 1.82) is 0 Å². The predicted molar refractivity (Wildman–Crippen MR) is 73.5 cm³/mol. The lowest BCUT2D eigenvalue weighted by atomic mass is 9.84. The van der Waals surface area contributed by atoms with E-state index in [-0.39, 0.29) is 24.0 Å². The first kappa shape index (κ1) is 14.7. The third kappa shape index (κ3) is 3.57. The van der Waals surface area contributed by atoms with E-state index in [1.54, 1.807) is 0 Å². The summed E-state index contributed by atoms with van der Waals surface area (Å²) in [6.07, 6.45) is 0. The van der Waals surface area contributed by atoms with Gasteiger partial charge in [0.05, 0.1) is 12.6 Å². The number of carbonyl (C=O) groups is 1. The minimum absolute atomic E-state index is 0.0880. The first-order valence-electron chi connectivity index (χ1n) is 6.24. The third-order valence-electron chi connectivity index (χ3n) is 3.07. The predicted octanol–water partition coefficient (Wildman–Crippen LogP) is 2.46. The van der Waals surface area contributed by atoms with Crippen LogP contribution >= 0.6 is 0 Å². The Hall–Kier alpha value is -1.35. The molecule has 0 saturated heterocycles. The molecule has 0 fully saturated rings. The van der Waals surface area contributed by atoms with Crippen molar-refractivity contribution in [2.45, 2.75) is 46.1 Å². The van der Waals surface area contributed by atoms with Crippen LogP contribution in [-0.4, -0.2) is 17.6 Å². The van der Waals surface area contributed by atoms with Crippen molar-refractivity contribution in [1.82, 2.24) is 5.32 Å².